The van der Waals surface area contributed by atoms with E-state index in [1.807, 2.05) is 25.1 Å². The van der Waals surface area contributed by atoms with Crippen LogP contribution >= 0.6 is 11.6 Å². The summed E-state index contributed by atoms with van der Waals surface area (Å²) in [5, 5.41) is 5.48. The number of nitrogens with zero attached hydrogens (tertiary/aromatic N) is 2. The highest BCUT2D eigenvalue weighted by atomic mass is 35.5. The van der Waals surface area contributed by atoms with Crippen LogP contribution < -0.4 is 0 Å². The van der Waals surface area contributed by atoms with Gasteiger partial charge in [0.15, 0.2) is 0 Å². The van der Waals surface area contributed by atoms with E-state index in [1.165, 1.54) is 22.4 Å². The fraction of sp³-hybridized carbons (Fsp3) is 0.167. The van der Waals surface area contributed by atoms with Crippen LogP contribution in [0.4, 0.5) is 0 Å². The Morgan fingerprint density at radius 2 is 1.95 bits per heavy atom. The summed E-state index contributed by atoms with van der Waals surface area (Å²) in [6, 6.07) is 19.1. The highest BCUT2D eigenvalue weighted by Crippen LogP contribution is 2.40. The lowest BCUT2D eigenvalue weighted by Gasteiger charge is -2.14. The van der Waals surface area contributed by atoms with Crippen molar-refractivity contribution in [3.8, 4) is 11.3 Å². The Hall–Kier alpha value is -2.06. The molecule has 1 aliphatic rings. The van der Waals surface area contributed by atoms with E-state index in [-0.39, 0.29) is 6.04 Å². The zero-order valence-electron chi connectivity index (χ0n) is 11.8. The van der Waals surface area contributed by atoms with Gasteiger partial charge in [0.2, 0.25) is 0 Å². The SMILES string of the molecule is Cc1cc2n(n1)C(Cc1cccc(Cl)c1)c1ccccc1-2. The van der Waals surface area contributed by atoms with Crippen molar-refractivity contribution in [2.45, 2.75) is 19.4 Å². The number of rotatable bonds is 2. The number of hydrogen-bond donors (Lipinski definition) is 0. The molecule has 1 atom stereocenters. The molecule has 3 heteroatoms. The van der Waals surface area contributed by atoms with Crippen molar-refractivity contribution in [3.05, 3.63) is 76.4 Å². The molecule has 0 aliphatic carbocycles. The molecule has 2 nitrogen and oxygen atoms in total. The first-order valence-electron chi connectivity index (χ1n) is 7.12. The third-order valence-corrected chi connectivity index (χ3v) is 4.30. The Morgan fingerprint density at radius 3 is 2.81 bits per heavy atom. The Labute approximate surface area is 129 Å². The van der Waals surface area contributed by atoms with Gasteiger partial charge >= 0.3 is 0 Å². The van der Waals surface area contributed by atoms with Crippen molar-refractivity contribution in [1.82, 2.24) is 9.78 Å². The van der Waals surface area contributed by atoms with Crippen LogP contribution in [0.15, 0.2) is 54.6 Å². The molecule has 1 aromatic heterocycles. The maximum atomic E-state index is 6.11. The van der Waals surface area contributed by atoms with Gasteiger partial charge in [0, 0.05) is 10.6 Å². The molecule has 21 heavy (non-hydrogen) atoms. The number of benzene rings is 2. The smallest absolute Gasteiger partial charge is 0.0822 e. The van der Waals surface area contributed by atoms with Gasteiger partial charge in [0.25, 0.3) is 0 Å². The van der Waals surface area contributed by atoms with Crippen LogP contribution in [0.3, 0.4) is 0 Å². The molecule has 4 rings (SSSR count). The quantitative estimate of drug-likeness (QED) is 0.672. The van der Waals surface area contributed by atoms with Crippen molar-refractivity contribution in [3.63, 3.8) is 0 Å². The molecule has 0 radical (unpaired) electrons. The first-order chi connectivity index (χ1) is 10.2. The lowest BCUT2D eigenvalue weighted by atomic mass is 9.97. The monoisotopic (exact) mass is 294 g/mol. The molecule has 0 saturated heterocycles. The zero-order valence-corrected chi connectivity index (χ0v) is 12.5. The number of hydrogen-bond acceptors (Lipinski definition) is 1. The molecular weight excluding hydrogens is 280 g/mol. The van der Waals surface area contributed by atoms with Crippen LogP contribution in [0.25, 0.3) is 11.3 Å². The highest BCUT2D eigenvalue weighted by molar-refractivity contribution is 6.30. The molecule has 1 aliphatic heterocycles. The molecule has 2 aromatic carbocycles. The van der Waals surface area contributed by atoms with E-state index in [9.17, 15) is 0 Å². The standard InChI is InChI=1S/C18H15ClN2/c1-12-9-17-15-7-2-3-8-16(15)18(21(17)20-12)11-13-5-4-6-14(19)10-13/h2-10,18H,11H2,1H3. The third kappa shape index (κ3) is 2.07. The molecule has 3 aromatic rings. The first kappa shape index (κ1) is 12.7. The third-order valence-electron chi connectivity index (χ3n) is 4.07. The van der Waals surface area contributed by atoms with Gasteiger partial charge in [-0.2, -0.15) is 5.10 Å². The number of halogens is 1. The van der Waals surface area contributed by atoms with Crippen LogP contribution in [-0.2, 0) is 6.42 Å². The Kier molecular flexibility index (Phi) is 2.86. The summed E-state index contributed by atoms with van der Waals surface area (Å²) in [6.45, 7) is 2.05. The summed E-state index contributed by atoms with van der Waals surface area (Å²) in [4.78, 5) is 0. The molecule has 2 heterocycles. The first-order valence-corrected chi connectivity index (χ1v) is 7.50. The van der Waals surface area contributed by atoms with Gasteiger partial charge in [-0.15, -0.1) is 0 Å². The van der Waals surface area contributed by atoms with Gasteiger partial charge in [-0.1, -0.05) is 48.0 Å². The number of aromatic nitrogens is 2. The topological polar surface area (TPSA) is 17.8 Å². The summed E-state index contributed by atoms with van der Waals surface area (Å²) >= 11 is 6.11. The summed E-state index contributed by atoms with van der Waals surface area (Å²) in [5.41, 5.74) is 6.17. The van der Waals surface area contributed by atoms with E-state index in [0.29, 0.717) is 0 Å². The average Bonchev–Trinajstić information content (AvgIpc) is 2.97. The molecule has 104 valence electrons. The maximum absolute atomic E-state index is 6.11. The van der Waals surface area contributed by atoms with Gasteiger partial charge in [-0.05, 0) is 42.7 Å². The number of aryl methyl sites for hydroxylation is 1. The minimum Gasteiger partial charge on any atom is -0.257 e. The summed E-state index contributed by atoms with van der Waals surface area (Å²) in [6.07, 6.45) is 0.908. The van der Waals surface area contributed by atoms with Crippen molar-refractivity contribution < 1.29 is 0 Å². The second-order valence-corrected chi connectivity index (χ2v) is 5.99. The van der Waals surface area contributed by atoms with Crippen molar-refractivity contribution in [2.24, 2.45) is 0 Å². The maximum Gasteiger partial charge on any atom is 0.0822 e. The summed E-state index contributed by atoms with van der Waals surface area (Å²) in [7, 11) is 0. The van der Waals surface area contributed by atoms with Crippen LogP contribution in [-0.4, -0.2) is 9.78 Å². The minimum atomic E-state index is 0.253. The molecule has 0 amide bonds. The van der Waals surface area contributed by atoms with Gasteiger partial charge in [-0.3, -0.25) is 4.68 Å². The van der Waals surface area contributed by atoms with Crippen molar-refractivity contribution in [2.75, 3.05) is 0 Å². The number of fused-ring (bicyclic) bond motifs is 3. The van der Waals surface area contributed by atoms with E-state index < -0.39 is 0 Å². The summed E-state index contributed by atoms with van der Waals surface area (Å²) in [5.74, 6) is 0. The second kappa shape index (κ2) is 4.74. The predicted octanol–water partition coefficient (Wildman–Crippen LogP) is 4.66. The Balaban J connectivity index is 1.81. The molecule has 1 unspecified atom stereocenters. The second-order valence-electron chi connectivity index (χ2n) is 5.55. The fourth-order valence-electron chi connectivity index (χ4n) is 3.19. The van der Waals surface area contributed by atoms with Gasteiger partial charge in [-0.25, -0.2) is 0 Å². The lowest BCUT2D eigenvalue weighted by Crippen LogP contribution is -2.11. The normalized spacial score (nSPS) is 15.8. The minimum absolute atomic E-state index is 0.253. The van der Waals surface area contributed by atoms with Gasteiger partial charge < -0.3 is 0 Å². The molecule has 0 fully saturated rings. The van der Waals surface area contributed by atoms with Crippen LogP contribution in [0.5, 0.6) is 0 Å². The van der Waals surface area contributed by atoms with E-state index in [1.54, 1.807) is 0 Å². The summed E-state index contributed by atoms with van der Waals surface area (Å²) < 4.78 is 2.15. The van der Waals surface area contributed by atoms with Gasteiger partial charge in [0.05, 0.1) is 17.4 Å². The molecule has 0 saturated carbocycles. The van der Waals surface area contributed by atoms with E-state index in [0.717, 1.165) is 17.1 Å². The van der Waals surface area contributed by atoms with Gasteiger partial charge in [0.1, 0.15) is 0 Å². The van der Waals surface area contributed by atoms with Crippen molar-refractivity contribution in [1.29, 1.82) is 0 Å². The molecular formula is C18H15ClN2. The van der Waals surface area contributed by atoms with E-state index in [4.69, 9.17) is 11.6 Å². The fourth-order valence-corrected chi connectivity index (χ4v) is 3.40. The van der Waals surface area contributed by atoms with Crippen LogP contribution in [0, 0.1) is 6.92 Å². The van der Waals surface area contributed by atoms with Crippen LogP contribution in [0.2, 0.25) is 5.02 Å². The lowest BCUT2D eigenvalue weighted by molar-refractivity contribution is 0.543. The molecule has 0 bridgehead atoms. The Morgan fingerprint density at radius 1 is 1.10 bits per heavy atom. The average molecular weight is 295 g/mol. The predicted molar refractivity (Wildman–Crippen MR) is 85.7 cm³/mol. The molecule has 0 spiro atoms. The van der Waals surface area contributed by atoms with E-state index >= 15 is 0 Å². The van der Waals surface area contributed by atoms with Crippen LogP contribution in [0.1, 0.15) is 22.9 Å². The largest absolute Gasteiger partial charge is 0.257 e. The highest BCUT2D eigenvalue weighted by Gasteiger charge is 2.29. The zero-order chi connectivity index (χ0) is 14.4. The van der Waals surface area contributed by atoms with Crippen molar-refractivity contribution >= 4 is 11.6 Å². The molecule has 0 N–H and O–H groups in total. The Bertz CT molecular complexity index is 820. The van der Waals surface area contributed by atoms with E-state index in [2.05, 4.69) is 46.2 Å².